The van der Waals surface area contributed by atoms with Gasteiger partial charge in [0.1, 0.15) is 11.2 Å². The standard InChI is InChI=1S/C56H34O/c1-6-23-45-39(15-1)40-16-2-7-24-46(40)55(45)49-27-10-11-28-50(49)56(47-25-8-3-17-41(47)42-18-4-9-26-48(42)56)53-37(20-14-29-51(53)55)35-31-33-36(34-32-35)38-21-13-22-44-43-19-5-12-30-52(43)57-54(38)44/h1-34H. The molecule has 0 atom stereocenters. The van der Waals surface area contributed by atoms with Crippen molar-refractivity contribution in [3.8, 4) is 44.5 Å². The molecule has 1 heteroatoms. The minimum atomic E-state index is -0.550. The highest BCUT2D eigenvalue weighted by Crippen LogP contribution is 2.68. The first-order valence-corrected chi connectivity index (χ1v) is 19.9. The van der Waals surface area contributed by atoms with Crippen molar-refractivity contribution in [2.24, 2.45) is 0 Å². The van der Waals surface area contributed by atoms with E-state index >= 15 is 0 Å². The second-order valence-electron chi connectivity index (χ2n) is 15.8. The van der Waals surface area contributed by atoms with Crippen molar-refractivity contribution in [1.29, 1.82) is 0 Å². The number of furan rings is 1. The Hall–Kier alpha value is -7.22. The molecule has 57 heavy (non-hydrogen) atoms. The van der Waals surface area contributed by atoms with Crippen molar-refractivity contribution in [1.82, 2.24) is 0 Å². The molecule has 0 fully saturated rings. The molecule has 1 aromatic heterocycles. The van der Waals surface area contributed by atoms with Crippen LogP contribution in [0.3, 0.4) is 0 Å². The van der Waals surface area contributed by atoms with Crippen LogP contribution in [0, 0.1) is 0 Å². The van der Waals surface area contributed by atoms with Crippen molar-refractivity contribution in [2.45, 2.75) is 10.8 Å². The van der Waals surface area contributed by atoms with E-state index in [0.717, 1.165) is 33.1 Å². The molecule has 0 amide bonds. The number of para-hydroxylation sites is 2. The van der Waals surface area contributed by atoms with Crippen molar-refractivity contribution >= 4 is 21.9 Å². The first kappa shape index (κ1) is 31.0. The molecule has 0 unspecified atom stereocenters. The summed E-state index contributed by atoms with van der Waals surface area (Å²) in [5, 5.41) is 2.29. The van der Waals surface area contributed by atoms with Gasteiger partial charge in [0.05, 0.1) is 10.8 Å². The molecule has 1 nitrogen and oxygen atoms in total. The molecular weight excluding hydrogens is 689 g/mol. The van der Waals surface area contributed by atoms with E-state index in [1.54, 1.807) is 0 Å². The Morgan fingerprint density at radius 2 is 0.649 bits per heavy atom. The average molecular weight is 723 g/mol. The van der Waals surface area contributed by atoms with Crippen molar-refractivity contribution in [3.63, 3.8) is 0 Å². The van der Waals surface area contributed by atoms with E-state index in [1.807, 2.05) is 6.07 Å². The maximum Gasteiger partial charge on any atom is 0.143 e. The van der Waals surface area contributed by atoms with E-state index in [-0.39, 0.29) is 0 Å². The minimum Gasteiger partial charge on any atom is -0.455 e. The van der Waals surface area contributed by atoms with Gasteiger partial charge in [0.15, 0.2) is 0 Å². The van der Waals surface area contributed by atoms with E-state index < -0.39 is 10.8 Å². The Kier molecular flexibility index (Phi) is 6.09. The Labute approximate surface area is 331 Å². The quantitative estimate of drug-likeness (QED) is 0.173. The molecule has 0 radical (unpaired) electrons. The first-order valence-electron chi connectivity index (χ1n) is 19.9. The molecule has 2 spiro atoms. The number of hydrogen-bond donors (Lipinski definition) is 0. The van der Waals surface area contributed by atoms with Gasteiger partial charge < -0.3 is 4.42 Å². The summed E-state index contributed by atoms with van der Waals surface area (Å²) in [5.74, 6) is 0. The largest absolute Gasteiger partial charge is 0.455 e. The lowest BCUT2D eigenvalue weighted by Gasteiger charge is -2.49. The molecule has 0 bridgehead atoms. The van der Waals surface area contributed by atoms with Crippen LogP contribution in [0.1, 0.15) is 44.5 Å². The molecule has 13 rings (SSSR count). The number of benzene rings is 9. The first-order chi connectivity index (χ1) is 28.3. The normalized spacial score (nSPS) is 14.6. The fraction of sp³-hybridized carbons (Fsp3) is 0.0357. The smallest absolute Gasteiger partial charge is 0.143 e. The maximum atomic E-state index is 6.50. The second-order valence-corrected chi connectivity index (χ2v) is 15.8. The van der Waals surface area contributed by atoms with E-state index in [1.165, 1.54) is 77.9 Å². The molecule has 9 aromatic carbocycles. The third-order valence-electron chi connectivity index (χ3n) is 13.4. The van der Waals surface area contributed by atoms with Gasteiger partial charge in [0, 0.05) is 16.3 Å². The predicted octanol–water partition coefficient (Wildman–Crippen LogP) is 14.0. The SMILES string of the molecule is c1ccc2c(c1)-c1ccccc1C21c2ccccc2C2(c3ccccc3-c3ccccc32)c2c(-c3ccc(-c4cccc5c4oc4ccccc45)cc3)cccc21. The maximum absolute atomic E-state index is 6.50. The van der Waals surface area contributed by atoms with E-state index in [9.17, 15) is 0 Å². The van der Waals surface area contributed by atoms with Crippen LogP contribution in [0.4, 0.5) is 0 Å². The van der Waals surface area contributed by atoms with Crippen LogP contribution in [0.5, 0.6) is 0 Å². The zero-order chi connectivity index (χ0) is 37.3. The highest BCUT2D eigenvalue weighted by atomic mass is 16.3. The van der Waals surface area contributed by atoms with E-state index in [2.05, 4.69) is 200 Å². The summed E-state index contributed by atoms with van der Waals surface area (Å²) in [4.78, 5) is 0. The van der Waals surface area contributed by atoms with E-state index in [0.29, 0.717) is 0 Å². The molecular formula is C56H34O. The Morgan fingerprint density at radius 1 is 0.263 bits per heavy atom. The molecule has 10 aromatic rings. The van der Waals surface area contributed by atoms with Gasteiger partial charge in [-0.25, -0.2) is 0 Å². The predicted molar refractivity (Wildman–Crippen MR) is 233 cm³/mol. The van der Waals surface area contributed by atoms with Crippen LogP contribution in [0.2, 0.25) is 0 Å². The fourth-order valence-electron chi connectivity index (χ4n) is 11.3. The van der Waals surface area contributed by atoms with Crippen LogP contribution < -0.4 is 0 Å². The lowest BCUT2D eigenvalue weighted by molar-refractivity contribution is 0.634. The molecule has 0 N–H and O–H groups in total. The summed E-state index contributed by atoms with van der Waals surface area (Å²) in [6.07, 6.45) is 0. The Bertz CT molecular complexity index is 3210. The van der Waals surface area contributed by atoms with Crippen LogP contribution in [0.15, 0.2) is 211 Å². The monoisotopic (exact) mass is 722 g/mol. The molecule has 0 saturated carbocycles. The second kappa shape index (κ2) is 11.2. The third kappa shape index (κ3) is 3.75. The van der Waals surface area contributed by atoms with Crippen molar-refractivity contribution in [3.05, 3.63) is 251 Å². The lowest BCUT2D eigenvalue weighted by atomic mass is 9.51. The van der Waals surface area contributed by atoms with Crippen LogP contribution >= 0.6 is 0 Å². The molecule has 0 saturated heterocycles. The lowest BCUT2D eigenvalue weighted by Crippen LogP contribution is -2.44. The van der Waals surface area contributed by atoms with Gasteiger partial charge in [0.25, 0.3) is 0 Å². The third-order valence-corrected chi connectivity index (χ3v) is 13.4. The summed E-state index contributed by atoms with van der Waals surface area (Å²) in [7, 11) is 0. The molecule has 1 heterocycles. The van der Waals surface area contributed by atoms with Crippen LogP contribution in [-0.4, -0.2) is 0 Å². The minimum absolute atomic E-state index is 0.510. The van der Waals surface area contributed by atoms with Crippen LogP contribution in [0.25, 0.3) is 66.4 Å². The highest BCUT2D eigenvalue weighted by Gasteiger charge is 2.59. The van der Waals surface area contributed by atoms with E-state index in [4.69, 9.17) is 4.42 Å². The van der Waals surface area contributed by atoms with Crippen molar-refractivity contribution in [2.75, 3.05) is 0 Å². The van der Waals surface area contributed by atoms with Gasteiger partial charge in [-0.15, -0.1) is 0 Å². The topological polar surface area (TPSA) is 13.1 Å². The number of fused-ring (bicyclic) bond motifs is 19. The summed E-state index contributed by atoms with van der Waals surface area (Å²) in [6.45, 7) is 0. The zero-order valence-corrected chi connectivity index (χ0v) is 31.0. The van der Waals surface area contributed by atoms with Crippen molar-refractivity contribution < 1.29 is 4.42 Å². The fourth-order valence-corrected chi connectivity index (χ4v) is 11.3. The summed E-state index contributed by atoms with van der Waals surface area (Å²) >= 11 is 0. The van der Waals surface area contributed by atoms with Crippen LogP contribution in [-0.2, 0) is 10.8 Å². The number of rotatable bonds is 2. The highest BCUT2D eigenvalue weighted by molar-refractivity contribution is 6.09. The molecule has 3 aliphatic rings. The van der Waals surface area contributed by atoms with Gasteiger partial charge in [-0.05, 0) is 89.5 Å². The summed E-state index contributed by atoms with van der Waals surface area (Å²) in [6, 6.07) is 77.0. The molecule has 264 valence electrons. The van der Waals surface area contributed by atoms with Gasteiger partial charge in [-0.3, -0.25) is 0 Å². The summed E-state index contributed by atoms with van der Waals surface area (Å²) < 4.78 is 6.50. The molecule has 0 aliphatic heterocycles. The average Bonchev–Trinajstić information content (AvgIpc) is 3.91. The van der Waals surface area contributed by atoms with Gasteiger partial charge in [-0.2, -0.15) is 0 Å². The Balaban J connectivity index is 1.14. The number of hydrogen-bond acceptors (Lipinski definition) is 1. The van der Waals surface area contributed by atoms with Gasteiger partial charge in [0.2, 0.25) is 0 Å². The Morgan fingerprint density at radius 3 is 1.25 bits per heavy atom. The zero-order valence-electron chi connectivity index (χ0n) is 31.0. The van der Waals surface area contributed by atoms with Gasteiger partial charge >= 0.3 is 0 Å². The van der Waals surface area contributed by atoms with Gasteiger partial charge in [-0.1, -0.05) is 200 Å². The molecule has 3 aliphatic carbocycles. The summed E-state index contributed by atoms with van der Waals surface area (Å²) in [5.41, 5.74) is 21.5.